The number of methoxy groups -OCH3 is 1. The number of aliphatic imine (C=N–C) groups is 1. The Labute approximate surface area is 177 Å². The lowest BCUT2D eigenvalue weighted by Crippen LogP contribution is -2.38. The smallest absolute Gasteiger partial charge is 0.191 e. The first kappa shape index (κ1) is 21.1. The van der Waals surface area contributed by atoms with Crippen molar-refractivity contribution < 1.29 is 9.15 Å². The molecule has 6 heteroatoms. The number of hydrogen-bond donors (Lipinski definition) is 2. The van der Waals surface area contributed by atoms with Crippen molar-refractivity contribution in [1.82, 2.24) is 10.6 Å². The highest BCUT2D eigenvalue weighted by Crippen LogP contribution is 2.22. The lowest BCUT2D eigenvalue weighted by Gasteiger charge is -2.11. The first-order valence-electron chi connectivity index (χ1n) is 8.89. The SMILES string of the molecule is CCNC(=NCc1ccc2cc(OC)ccc2c1)NCCc1ccco1.I. The van der Waals surface area contributed by atoms with E-state index in [1.54, 1.807) is 13.4 Å². The van der Waals surface area contributed by atoms with Crippen LogP contribution < -0.4 is 15.4 Å². The maximum Gasteiger partial charge on any atom is 0.191 e. The van der Waals surface area contributed by atoms with E-state index in [-0.39, 0.29) is 24.0 Å². The van der Waals surface area contributed by atoms with Crippen molar-refractivity contribution in [2.75, 3.05) is 20.2 Å². The summed E-state index contributed by atoms with van der Waals surface area (Å²) in [6.45, 7) is 4.28. The zero-order chi connectivity index (χ0) is 18.2. The van der Waals surface area contributed by atoms with Crippen molar-refractivity contribution in [3.63, 3.8) is 0 Å². The minimum atomic E-state index is 0. The molecule has 27 heavy (non-hydrogen) atoms. The van der Waals surface area contributed by atoms with Gasteiger partial charge in [-0.1, -0.05) is 18.2 Å². The van der Waals surface area contributed by atoms with Crippen LogP contribution in [0.1, 0.15) is 18.2 Å². The third kappa shape index (κ3) is 6.16. The fraction of sp³-hybridized carbons (Fsp3) is 0.286. The molecule has 0 spiro atoms. The molecule has 0 aliphatic carbocycles. The van der Waals surface area contributed by atoms with Gasteiger partial charge in [-0.05, 0) is 53.6 Å². The van der Waals surface area contributed by atoms with Crippen molar-refractivity contribution in [3.8, 4) is 5.75 Å². The molecule has 0 saturated carbocycles. The lowest BCUT2D eigenvalue weighted by molar-refractivity contribution is 0.415. The van der Waals surface area contributed by atoms with Gasteiger partial charge in [0.1, 0.15) is 11.5 Å². The van der Waals surface area contributed by atoms with Gasteiger partial charge in [0.2, 0.25) is 0 Å². The van der Waals surface area contributed by atoms with E-state index in [0.717, 1.165) is 37.0 Å². The van der Waals surface area contributed by atoms with Crippen LogP contribution in [0.5, 0.6) is 5.75 Å². The number of guanidine groups is 1. The molecule has 0 fully saturated rings. The summed E-state index contributed by atoms with van der Waals surface area (Å²) in [5.74, 6) is 2.66. The monoisotopic (exact) mass is 479 g/mol. The van der Waals surface area contributed by atoms with E-state index in [1.165, 1.54) is 16.3 Å². The summed E-state index contributed by atoms with van der Waals surface area (Å²) in [5.41, 5.74) is 1.17. The summed E-state index contributed by atoms with van der Waals surface area (Å²) in [7, 11) is 1.69. The van der Waals surface area contributed by atoms with Gasteiger partial charge in [0.15, 0.2) is 5.96 Å². The molecule has 5 nitrogen and oxygen atoms in total. The molecular formula is C21H26IN3O2. The van der Waals surface area contributed by atoms with Gasteiger partial charge in [-0.2, -0.15) is 0 Å². The van der Waals surface area contributed by atoms with Crippen LogP contribution in [0.2, 0.25) is 0 Å². The van der Waals surface area contributed by atoms with Gasteiger partial charge in [0.25, 0.3) is 0 Å². The largest absolute Gasteiger partial charge is 0.497 e. The average Bonchev–Trinajstić information content (AvgIpc) is 3.19. The number of furan rings is 1. The number of halogens is 1. The average molecular weight is 479 g/mol. The topological polar surface area (TPSA) is 58.8 Å². The minimum Gasteiger partial charge on any atom is -0.497 e. The molecule has 1 heterocycles. The second kappa shape index (κ2) is 10.8. The Hall–Kier alpha value is -2.22. The zero-order valence-corrected chi connectivity index (χ0v) is 18.0. The third-order valence-corrected chi connectivity index (χ3v) is 4.12. The number of fused-ring (bicyclic) bond motifs is 1. The summed E-state index contributed by atoms with van der Waals surface area (Å²) in [4.78, 5) is 4.68. The Morgan fingerprint density at radius 2 is 1.89 bits per heavy atom. The van der Waals surface area contributed by atoms with Crippen LogP contribution in [0.3, 0.4) is 0 Å². The van der Waals surface area contributed by atoms with Gasteiger partial charge >= 0.3 is 0 Å². The van der Waals surface area contributed by atoms with E-state index in [1.807, 2.05) is 24.3 Å². The Balaban J connectivity index is 0.00000261. The summed E-state index contributed by atoms with van der Waals surface area (Å²) in [5, 5.41) is 8.98. The zero-order valence-electron chi connectivity index (χ0n) is 15.7. The molecule has 0 bridgehead atoms. The predicted molar refractivity (Wildman–Crippen MR) is 121 cm³/mol. The molecule has 1 aromatic heterocycles. The van der Waals surface area contributed by atoms with E-state index in [9.17, 15) is 0 Å². The molecule has 0 saturated heterocycles. The number of hydrogen-bond acceptors (Lipinski definition) is 3. The van der Waals surface area contributed by atoms with Crippen molar-refractivity contribution in [1.29, 1.82) is 0 Å². The van der Waals surface area contributed by atoms with Crippen LogP contribution in [0.4, 0.5) is 0 Å². The van der Waals surface area contributed by atoms with Gasteiger partial charge < -0.3 is 19.8 Å². The Kier molecular flexibility index (Phi) is 8.44. The van der Waals surface area contributed by atoms with Gasteiger partial charge in [0.05, 0.1) is 19.9 Å². The van der Waals surface area contributed by atoms with Crippen molar-refractivity contribution in [2.24, 2.45) is 4.99 Å². The molecule has 3 rings (SSSR count). The van der Waals surface area contributed by atoms with E-state index >= 15 is 0 Å². The van der Waals surface area contributed by atoms with Crippen LogP contribution >= 0.6 is 24.0 Å². The van der Waals surface area contributed by atoms with Crippen LogP contribution in [0.15, 0.2) is 64.2 Å². The molecule has 0 amide bonds. The van der Waals surface area contributed by atoms with E-state index < -0.39 is 0 Å². The lowest BCUT2D eigenvalue weighted by atomic mass is 10.1. The summed E-state index contributed by atoms with van der Waals surface area (Å²) in [6, 6.07) is 16.4. The number of benzene rings is 2. The van der Waals surface area contributed by atoms with E-state index in [4.69, 9.17) is 9.15 Å². The molecule has 0 aliphatic rings. The molecule has 3 aromatic rings. The normalized spacial score (nSPS) is 11.1. The van der Waals surface area contributed by atoms with Gasteiger partial charge in [-0.15, -0.1) is 24.0 Å². The Morgan fingerprint density at radius 3 is 2.63 bits per heavy atom. The minimum absolute atomic E-state index is 0. The second-order valence-corrected chi connectivity index (χ2v) is 6.00. The Bertz CT molecular complexity index is 863. The van der Waals surface area contributed by atoms with Crippen LogP contribution in [-0.2, 0) is 13.0 Å². The molecule has 2 aromatic carbocycles. The van der Waals surface area contributed by atoms with Crippen LogP contribution in [0.25, 0.3) is 10.8 Å². The van der Waals surface area contributed by atoms with Gasteiger partial charge in [-0.3, -0.25) is 0 Å². The number of nitrogens with one attached hydrogen (secondary N) is 2. The quantitative estimate of drug-likeness (QED) is 0.301. The molecule has 0 aliphatic heterocycles. The summed E-state index contributed by atoms with van der Waals surface area (Å²) < 4.78 is 10.6. The first-order valence-corrected chi connectivity index (χ1v) is 8.89. The number of nitrogens with zero attached hydrogens (tertiary/aromatic N) is 1. The fourth-order valence-electron chi connectivity index (χ4n) is 2.77. The van der Waals surface area contributed by atoms with E-state index in [0.29, 0.717) is 6.54 Å². The Morgan fingerprint density at radius 1 is 1.07 bits per heavy atom. The van der Waals surface area contributed by atoms with Crippen molar-refractivity contribution in [2.45, 2.75) is 19.9 Å². The summed E-state index contributed by atoms with van der Waals surface area (Å²) >= 11 is 0. The summed E-state index contributed by atoms with van der Waals surface area (Å²) in [6.07, 6.45) is 2.53. The molecule has 0 unspecified atom stereocenters. The van der Waals surface area contributed by atoms with Gasteiger partial charge in [-0.25, -0.2) is 4.99 Å². The standard InChI is InChI=1S/C21H25N3O2.HI/c1-3-22-21(23-11-10-19-5-4-12-26-19)24-15-16-6-7-18-14-20(25-2)9-8-17(18)13-16;/h4-9,12-14H,3,10-11,15H2,1-2H3,(H2,22,23,24);1H. The van der Waals surface area contributed by atoms with Crippen molar-refractivity contribution >= 4 is 40.7 Å². The number of rotatable bonds is 7. The third-order valence-electron chi connectivity index (χ3n) is 4.12. The number of ether oxygens (including phenoxy) is 1. The predicted octanol–water partition coefficient (Wildman–Crippen LogP) is 4.36. The van der Waals surface area contributed by atoms with Crippen molar-refractivity contribution in [3.05, 3.63) is 66.1 Å². The maximum absolute atomic E-state index is 5.35. The maximum atomic E-state index is 5.35. The van der Waals surface area contributed by atoms with Crippen LogP contribution in [-0.4, -0.2) is 26.2 Å². The van der Waals surface area contributed by atoms with Crippen LogP contribution in [0, 0.1) is 0 Å². The molecule has 0 atom stereocenters. The molecule has 144 valence electrons. The highest BCUT2D eigenvalue weighted by molar-refractivity contribution is 14.0. The van der Waals surface area contributed by atoms with E-state index in [2.05, 4.69) is 46.8 Å². The fourth-order valence-corrected chi connectivity index (χ4v) is 2.77. The highest BCUT2D eigenvalue weighted by Gasteiger charge is 2.01. The first-order chi connectivity index (χ1) is 12.8. The van der Waals surface area contributed by atoms with Gasteiger partial charge in [0, 0.05) is 19.5 Å². The molecule has 2 N–H and O–H groups in total. The highest BCUT2D eigenvalue weighted by atomic mass is 127. The molecular weight excluding hydrogens is 453 g/mol. The second-order valence-electron chi connectivity index (χ2n) is 6.00. The molecule has 0 radical (unpaired) electrons.